The number of aromatic nitrogens is 3. The molecule has 1 aliphatic rings. The van der Waals surface area contributed by atoms with Crippen molar-refractivity contribution in [3.8, 4) is 0 Å². The van der Waals surface area contributed by atoms with Crippen molar-refractivity contribution in [1.29, 1.82) is 0 Å². The zero-order valence-electron chi connectivity index (χ0n) is 11.9. The van der Waals surface area contributed by atoms with E-state index in [9.17, 15) is 9.59 Å². The summed E-state index contributed by atoms with van der Waals surface area (Å²) in [5.41, 5.74) is 0.102. The number of rotatable bonds is 6. The van der Waals surface area contributed by atoms with Gasteiger partial charge in [0.05, 0.1) is 22.7 Å². The first-order chi connectivity index (χ1) is 11.0. The standard InChI is InChI=1S/C13H13Cl2N3O3S2/c14-10-4-8(11(15)23-10)9(19)6-22-13-17-16-12(20)18(13)5-7-2-1-3-21-7/h4,7H,1-3,5-6H2,(H,16,20)/t7-/m0/s1. The van der Waals surface area contributed by atoms with E-state index in [1.807, 2.05) is 0 Å². The fourth-order valence-electron chi connectivity index (χ4n) is 2.30. The normalized spacial score (nSPS) is 17.7. The molecule has 2 aromatic heterocycles. The monoisotopic (exact) mass is 393 g/mol. The highest BCUT2D eigenvalue weighted by atomic mass is 35.5. The maximum atomic E-state index is 12.2. The molecule has 0 spiro atoms. The molecule has 124 valence electrons. The fraction of sp³-hybridized carbons (Fsp3) is 0.462. The van der Waals surface area contributed by atoms with E-state index in [1.165, 1.54) is 16.3 Å². The van der Waals surface area contributed by atoms with Gasteiger partial charge in [-0.1, -0.05) is 35.0 Å². The second-order valence-electron chi connectivity index (χ2n) is 5.01. The highest BCUT2D eigenvalue weighted by Crippen LogP contribution is 2.32. The summed E-state index contributed by atoms with van der Waals surface area (Å²) in [4.78, 5) is 24.1. The Kier molecular flexibility index (Phi) is 5.48. The summed E-state index contributed by atoms with van der Waals surface area (Å²) in [6.45, 7) is 1.16. The molecule has 1 N–H and O–H groups in total. The number of nitrogens with zero attached hydrogens (tertiary/aromatic N) is 2. The number of ketones is 1. The molecule has 0 amide bonds. The van der Waals surface area contributed by atoms with Crippen LogP contribution in [0.2, 0.25) is 8.67 Å². The minimum absolute atomic E-state index is 0.0190. The number of hydrogen-bond donors (Lipinski definition) is 1. The molecule has 0 bridgehead atoms. The number of thiophene rings is 1. The fourth-order valence-corrected chi connectivity index (χ4v) is 4.64. The Morgan fingerprint density at radius 1 is 1.57 bits per heavy atom. The summed E-state index contributed by atoms with van der Waals surface area (Å²) >= 11 is 14.2. The van der Waals surface area contributed by atoms with Gasteiger partial charge >= 0.3 is 5.69 Å². The van der Waals surface area contributed by atoms with E-state index in [0.29, 0.717) is 25.9 Å². The first-order valence-electron chi connectivity index (χ1n) is 6.92. The third-order valence-corrected chi connectivity index (χ3v) is 5.89. The van der Waals surface area contributed by atoms with Gasteiger partial charge in [-0.15, -0.1) is 16.4 Å². The van der Waals surface area contributed by atoms with Gasteiger partial charge in [-0.25, -0.2) is 9.89 Å². The smallest absolute Gasteiger partial charge is 0.344 e. The number of thioether (sulfide) groups is 1. The van der Waals surface area contributed by atoms with Crippen LogP contribution in [0.4, 0.5) is 0 Å². The predicted molar refractivity (Wildman–Crippen MR) is 91.2 cm³/mol. The molecule has 1 atom stereocenters. The maximum Gasteiger partial charge on any atom is 0.344 e. The predicted octanol–water partition coefficient (Wildman–Crippen LogP) is 3.09. The van der Waals surface area contributed by atoms with Crippen molar-refractivity contribution in [2.75, 3.05) is 12.4 Å². The van der Waals surface area contributed by atoms with Crippen molar-refractivity contribution in [3.05, 3.63) is 30.8 Å². The van der Waals surface area contributed by atoms with Crippen molar-refractivity contribution in [1.82, 2.24) is 14.8 Å². The SMILES string of the molecule is O=C(CSc1n[nH]c(=O)n1C[C@@H]1CCCO1)c1cc(Cl)sc1Cl. The lowest BCUT2D eigenvalue weighted by atomic mass is 10.2. The topological polar surface area (TPSA) is 77.0 Å². The largest absolute Gasteiger partial charge is 0.376 e. The Labute approximate surface area is 150 Å². The highest BCUT2D eigenvalue weighted by Gasteiger charge is 2.21. The molecule has 23 heavy (non-hydrogen) atoms. The lowest BCUT2D eigenvalue weighted by molar-refractivity contribution is 0.0941. The van der Waals surface area contributed by atoms with Crippen LogP contribution < -0.4 is 5.69 Å². The Bertz CT molecular complexity index is 765. The van der Waals surface area contributed by atoms with Crippen molar-refractivity contribution in [3.63, 3.8) is 0 Å². The first-order valence-corrected chi connectivity index (χ1v) is 9.48. The Morgan fingerprint density at radius 3 is 3.04 bits per heavy atom. The number of ether oxygens (including phenoxy) is 1. The number of Topliss-reactive ketones (excluding diaryl/α,β-unsaturated/α-hetero) is 1. The van der Waals surface area contributed by atoms with E-state index in [-0.39, 0.29) is 23.3 Å². The van der Waals surface area contributed by atoms with Crippen molar-refractivity contribution in [2.24, 2.45) is 0 Å². The first kappa shape index (κ1) is 17.0. The molecule has 1 aliphatic heterocycles. The molecule has 0 radical (unpaired) electrons. The van der Waals surface area contributed by atoms with Crippen molar-refractivity contribution < 1.29 is 9.53 Å². The molecular weight excluding hydrogens is 381 g/mol. The van der Waals surface area contributed by atoms with Crippen LogP contribution in [-0.4, -0.2) is 39.0 Å². The third-order valence-electron chi connectivity index (χ3n) is 3.42. The van der Waals surface area contributed by atoms with Crippen LogP contribution in [0.15, 0.2) is 16.0 Å². The molecule has 3 rings (SSSR count). The zero-order chi connectivity index (χ0) is 16.4. The van der Waals surface area contributed by atoms with E-state index in [2.05, 4.69) is 10.2 Å². The average molecular weight is 394 g/mol. The molecule has 0 saturated carbocycles. The number of halogens is 2. The minimum atomic E-state index is -0.299. The van der Waals surface area contributed by atoms with Gasteiger partial charge in [-0.3, -0.25) is 9.36 Å². The lowest BCUT2D eigenvalue weighted by Crippen LogP contribution is -2.25. The van der Waals surface area contributed by atoms with Gasteiger partial charge in [0, 0.05) is 12.2 Å². The zero-order valence-corrected chi connectivity index (χ0v) is 15.0. The van der Waals surface area contributed by atoms with Gasteiger partial charge in [-0.05, 0) is 18.9 Å². The van der Waals surface area contributed by atoms with E-state index < -0.39 is 0 Å². The number of nitrogens with one attached hydrogen (secondary N) is 1. The molecule has 6 nitrogen and oxygen atoms in total. The number of hydrogen-bond acceptors (Lipinski definition) is 6. The van der Waals surface area contributed by atoms with E-state index in [4.69, 9.17) is 27.9 Å². The van der Waals surface area contributed by atoms with Gasteiger partial charge < -0.3 is 4.74 Å². The van der Waals surface area contributed by atoms with Crippen LogP contribution in [-0.2, 0) is 11.3 Å². The Morgan fingerprint density at radius 2 is 2.39 bits per heavy atom. The van der Waals surface area contributed by atoms with E-state index >= 15 is 0 Å². The van der Waals surface area contributed by atoms with E-state index in [0.717, 1.165) is 30.8 Å². The molecule has 10 heteroatoms. The summed E-state index contributed by atoms with van der Waals surface area (Å²) in [6, 6.07) is 1.56. The van der Waals surface area contributed by atoms with Crippen LogP contribution in [0.1, 0.15) is 23.2 Å². The molecule has 0 unspecified atom stereocenters. The van der Waals surface area contributed by atoms with Crippen LogP contribution in [0.3, 0.4) is 0 Å². The number of H-pyrrole nitrogens is 1. The number of aromatic amines is 1. The summed E-state index contributed by atoms with van der Waals surface area (Å²) in [6.07, 6.45) is 1.93. The molecule has 1 saturated heterocycles. The molecule has 3 heterocycles. The van der Waals surface area contributed by atoms with Crippen LogP contribution in [0.5, 0.6) is 0 Å². The average Bonchev–Trinajstić information content (AvgIpc) is 3.21. The second kappa shape index (κ2) is 7.40. The highest BCUT2D eigenvalue weighted by molar-refractivity contribution is 7.99. The molecule has 0 aromatic carbocycles. The summed E-state index contributed by atoms with van der Waals surface area (Å²) in [5.74, 6) is -0.0231. The molecule has 1 fully saturated rings. The van der Waals surface area contributed by atoms with Crippen molar-refractivity contribution >= 4 is 52.1 Å². The molecule has 0 aliphatic carbocycles. The Hall–Kier alpha value is -0.800. The molecular formula is C13H13Cl2N3O3S2. The van der Waals surface area contributed by atoms with Gasteiger partial charge in [0.25, 0.3) is 0 Å². The molecule has 2 aromatic rings. The van der Waals surface area contributed by atoms with Gasteiger partial charge in [0.1, 0.15) is 4.34 Å². The summed E-state index contributed by atoms with van der Waals surface area (Å²) in [5, 5.41) is 6.86. The number of carbonyl (C=O) groups excluding carboxylic acids is 1. The number of carbonyl (C=O) groups is 1. The lowest BCUT2D eigenvalue weighted by Gasteiger charge is -2.10. The third kappa shape index (κ3) is 4.00. The second-order valence-corrected chi connectivity index (χ2v) is 8.23. The van der Waals surface area contributed by atoms with Crippen LogP contribution >= 0.6 is 46.3 Å². The minimum Gasteiger partial charge on any atom is -0.376 e. The van der Waals surface area contributed by atoms with Crippen LogP contribution in [0, 0.1) is 0 Å². The Balaban J connectivity index is 1.67. The quantitative estimate of drug-likeness (QED) is 0.602. The summed E-state index contributed by atoms with van der Waals surface area (Å²) < 4.78 is 7.90. The van der Waals surface area contributed by atoms with Crippen molar-refractivity contribution in [2.45, 2.75) is 30.6 Å². The van der Waals surface area contributed by atoms with Gasteiger partial charge in [0.15, 0.2) is 10.9 Å². The van der Waals surface area contributed by atoms with Crippen LogP contribution in [0.25, 0.3) is 0 Å². The van der Waals surface area contributed by atoms with Gasteiger partial charge in [-0.2, -0.15) is 0 Å². The summed E-state index contributed by atoms with van der Waals surface area (Å²) in [7, 11) is 0. The van der Waals surface area contributed by atoms with E-state index in [1.54, 1.807) is 6.07 Å². The van der Waals surface area contributed by atoms with Gasteiger partial charge in [0.2, 0.25) is 0 Å². The maximum absolute atomic E-state index is 12.2.